The van der Waals surface area contributed by atoms with Crippen LogP contribution in [0.3, 0.4) is 0 Å². The molecule has 2 N–H and O–H groups in total. The van der Waals surface area contributed by atoms with E-state index in [9.17, 15) is 14.0 Å². The molecule has 2 atom stereocenters. The Kier molecular flexibility index (Phi) is 6.10. The summed E-state index contributed by atoms with van der Waals surface area (Å²) in [6.07, 6.45) is 1.97. The molecule has 0 unspecified atom stereocenters. The average molecular weight is 493 g/mol. The molecule has 1 aliphatic carbocycles. The number of benzene rings is 1. The molecule has 8 nitrogen and oxygen atoms in total. The highest BCUT2D eigenvalue weighted by Crippen LogP contribution is 2.36. The van der Waals surface area contributed by atoms with E-state index in [-0.39, 0.29) is 35.1 Å². The zero-order chi connectivity index (χ0) is 25.8. The Morgan fingerprint density at radius 2 is 2.00 bits per heavy atom. The number of nitrogens with one attached hydrogen (secondary N) is 2. The van der Waals surface area contributed by atoms with Crippen molar-refractivity contribution in [3.8, 4) is 5.75 Å². The minimum atomic E-state index is -0.841. The summed E-state index contributed by atoms with van der Waals surface area (Å²) < 4.78 is 36.0. The lowest BCUT2D eigenvalue weighted by molar-refractivity contribution is -0.0589. The molecule has 1 saturated carbocycles. The SMILES string of the molecule is BC(B)(c1ccc2nc(CC)c(=O)[nH]c2c1F)N1C[C@H](Oc2ccc(C(=O)NC3CC3)nc2F)[C@H]1C. The molecule has 3 heterocycles. The number of hydrogen-bond donors (Lipinski definition) is 2. The number of ether oxygens (including phenoxy) is 1. The number of amides is 1. The van der Waals surface area contributed by atoms with E-state index < -0.39 is 28.6 Å². The van der Waals surface area contributed by atoms with Crippen molar-refractivity contribution < 1.29 is 18.3 Å². The second-order valence-electron chi connectivity index (χ2n) is 10.0. The van der Waals surface area contributed by atoms with Crippen LogP contribution in [-0.4, -0.2) is 66.2 Å². The second-order valence-corrected chi connectivity index (χ2v) is 10.0. The van der Waals surface area contributed by atoms with Crippen LogP contribution in [0.5, 0.6) is 5.75 Å². The molecular formula is C24H27B2F2N5O3. The van der Waals surface area contributed by atoms with Crippen LogP contribution in [0.2, 0.25) is 0 Å². The summed E-state index contributed by atoms with van der Waals surface area (Å²) in [5.41, 5.74) is 0.892. The van der Waals surface area contributed by atoms with E-state index in [1.807, 2.05) is 29.5 Å². The van der Waals surface area contributed by atoms with Gasteiger partial charge in [-0.2, -0.15) is 4.39 Å². The highest BCUT2D eigenvalue weighted by Gasteiger charge is 2.46. The Bertz CT molecular complexity index is 1410. The first-order valence-electron chi connectivity index (χ1n) is 12.2. The number of halogens is 2. The smallest absolute Gasteiger partial charge is 0.270 e. The molecule has 186 valence electrons. The molecular weight excluding hydrogens is 466 g/mol. The van der Waals surface area contributed by atoms with Crippen LogP contribution in [0.4, 0.5) is 8.78 Å². The van der Waals surface area contributed by atoms with Gasteiger partial charge in [0.15, 0.2) is 11.6 Å². The molecule has 12 heteroatoms. The van der Waals surface area contributed by atoms with E-state index in [2.05, 4.69) is 25.2 Å². The number of aromatic nitrogens is 3. The first-order valence-corrected chi connectivity index (χ1v) is 12.2. The zero-order valence-electron chi connectivity index (χ0n) is 20.7. The molecule has 2 fully saturated rings. The van der Waals surface area contributed by atoms with Crippen molar-refractivity contribution in [2.45, 2.75) is 56.6 Å². The summed E-state index contributed by atoms with van der Waals surface area (Å²) in [6, 6.07) is 6.27. The molecule has 1 amide bonds. The number of aromatic amines is 1. The lowest BCUT2D eigenvalue weighted by Gasteiger charge is -2.54. The third-order valence-electron chi connectivity index (χ3n) is 7.23. The van der Waals surface area contributed by atoms with Crippen LogP contribution >= 0.6 is 0 Å². The van der Waals surface area contributed by atoms with Crippen molar-refractivity contribution in [3.05, 3.63) is 63.3 Å². The fourth-order valence-electron chi connectivity index (χ4n) is 4.76. The molecule has 2 aliphatic rings. The van der Waals surface area contributed by atoms with Gasteiger partial charge in [0.05, 0.1) is 5.52 Å². The van der Waals surface area contributed by atoms with E-state index in [0.717, 1.165) is 12.8 Å². The predicted molar refractivity (Wildman–Crippen MR) is 136 cm³/mol. The predicted octanol–water partition coefficient (Wildman–Crippen LogP) is 0.579. The van der Waals surface area contributed by atoms with Crippen molar-refractivity contribution in [1.29, 1.82) is 0 Å². The number of rotatable bonds is 7. The Morgan fingerprint density at radius 1 is 1.25 bits per heavy atom. The first kappa shape index (κ1) is 24.4. The maximum atomic E-state index is 15.6. The topological polar surface area (TPSA) is 100 Å². The summed E-state index contributed by atoms with van der Waals surface area (Å²) in [4.78, 5) is 37.1. The van der Waals surface area contributed by atoms with Gasteiger partial charge < -0.3 is 15.0 Å². The third-order valence-corrected chi connectivity index (χ3v) is 7.23. The number of H-pyrrole nitrogens is 1. The van der Waals surface area contributed by atoms with Gasteiger partial charge in [0.1, 0.15) is 38.7 Å². The minimum absolute atomic E-state index is 0.0153. The number of carbonyl (C=O) groups excluding carboxylic acids is 1. The molecule has 36 heavy (non-hydrogen) atoms. The number of nitrogens with zero attached hydrogens (tertiary/aromatic N) is 3. The maximum Gasteiger partial charge on any atom is 0.270 e. The van der Waals surface area contributed by atoms with Crippen LogP contribution in [0.1, 0.15) is 48.4 Å². The van der Waals surface area contributed by atoms with E-state index in [1.54, 1.807) is 12.1 Å². The highest BCUT2D eigenvalue weighted by molar-refractivity contribution is 6.39. The van der Waals surface area contributed by atoms with Crippen LogP contribution in [0.15, 0.2) is 29.1 Å². The quantitative estimate of drug-likeness (QED) is 0.369. The van der Waals surface area contributed by atoms with Gasteiger partial charge in [-0.1, -0.05) is 13.0 Å². The summed E-state index contributed by atoms with van der Waals surface area (Å²) in [6.45, 7) is 4.18. The standard InChI is InChI=1S/C24H27B2F2N5O3/c1-3-14-22(34)32-20-15(30-14)7-6-13(19(20)27)24(25,26)33-10-18(11(33)2)36-17-9-8-16(31-21(17)28)23(35)29-12-4-5-12/h6-9,11-12,18H,3-5,10,25-26H2,1-2H3,(H,29,35)(H,32,34)/t11-,18+/m1/s1. The van der Waals surface area contributed by atoms with Gasteiger partial charge in [-0.25, -0.2) is 14.4 Å². The van der Waals surface area contributed by atoms with Gasteiger partial charge in [0, 0.05) is 18.6 Å². The van der Waals surface area contributed by atoms with Crippen molar-refractivity contribution >= 4 is 32.6 Å². The molecule has 0 spiro atoms. The number of aryl methyl sites for hydroxylation is 1. The number of pyridine rings is 1. The summed E-state index contributed by atoms with van der Waals surface area (Å²) in [5, 5.41) is 2.04. The molecule has 1 aliphatic heterocycles. The van der Waals surface area contributed by atoms with E-state index in [4.69, 9.17) is 4.74 Å². The average Bonchev–Trinajstić information content (AvgIpc) is 3.65. The number of fused-ring (bicyclic) bond motifs is 1. The van der Waals surface area contributed by atoms with Crippen molar-refractivity contribution in [1.82, 2.24) is 25.2 Å². The lowest BCUT2D eigenvalue weighted by Crippen LogP contribution is -2.68. The molecule has 1 aromatic carbocycles. The van der Waals surface area contributed by atoms with E-state index in [1.165, 1.54) is 12.1 Å². The maximum absolute atomic E-state index is 15.6. The fraction of sp³-hybridized carbons (Fsp3) is 0.417. The Hall–Kier alpha value is -3.27. The molecule has 3 aromatic rings. The minimum Gasteiger partial charge on any atom is -0.483 e. The Morgan fingerprint density at radius 3 is 2.64 bits per heavy atom. The monoisotopic (exact) mass is 493 g/mol. The molecule has 0 radical (unpaired) electrons. The van der Waals surface area contributed by atoms with Crippen molar-refractivity contribution in [2.24, 2.45) is 0 Å². The van der Waals surface area contributed by atoms with Crippen LogP contribution in [0.25, 0.3) is 11.0 Å². The number of hydrogen-bond acceptors (Lipinski definition) is 6. The molecule has 1 saturated heterocycles. The Balaban J connectivity index is 1.31. The highest BCUT2D eigenvalue weighted by atomic mass is 19.1. The molecule has 5 rings (SSSR count). The van der Waals surface area contributed by atoms with E-state index in [0.29, 0.717) is 29.7 Å². The van der Waals surface area contributed by atoms with Gasteiger partial charge in [0.25, 0.3) is 17.4 Å². The van der Waals surface area contributed by atoms with Gasteiger partial charge >= 0.3 is 0 Å². The van der Waals surface area contributed by atoms with Gasteiger partial charge in [-0.15, -0.1) is 0 Å². The summed E-state index contributed by atoms with van der Waals surface area (Å²) >= 11 is 0. The Labute approximate surface area is 208 Å². The van der Waals surface area contributed by atoms with E-state index >= 15 is 4.39 Å². The third kappa shape index (κ3) is 4.27. The van der Waals surface area contributed by atoms with Crippen molar-refractivity contribution in [3.63, 3.8) is 0 Å². The van der Waals surface area contributed by atoms with Crippen LogP contribution in [0, 0.1) is 11.8 Å². The normalized spacial score (nSPS) is 20.2. The van der Waals surface area contributed by atoms with Crippen molar-refractivity contribution in [2.75, 3.05) is 6.54 Å². The summed E-state index contributed by atoms with van der Waals surface area (Å²) in [7, 11) is 3.79. The summed E-state index contributed by atoms with van der Waals surface area (Å²) in [5.74, 6) is -1.78. The van der Waals surface area contributed by atoms with Crippen LogP contribution < -0.4 is 15.6 Å². The van der Waals surface area contributed by atoms with Gasteiger partial charge in [-0.3, -0.25) is 14.5 Å². The molecule has 2 aromatic heterocycles. The largest absolute Gasteiger partial charge is 0.483 e. The zero-order valence-corrected chi connectivity index (χ0v) is 20.7. The van der Waals surface area contributed by atoms with Crippen LogP contribution in [-0.2, 0) is 11.8 Å². The number of likely N-dealkylation sites (tertiary alicyclic amines) is 1. The second kappa shape index (κ2) is 8.99. The number of carbonyl (C=O) groups is 1. The first-order chi connectivity index (χ1) is 17.1. The lowest BCUT2D eigenvalue weighted by atomic mass is 9.55. The van der Waals surface area contributed by atoms with Gasteiger partial charge in [0.2, 0.25) is 0 Å². The fourth-order valence-corrected chi connectivity index (χ4v) is 4.76. The van der Waals surface area contributed by atoms with Gasteiger partial charge in [-0.05, 0) is 55.3 Å². The molecule has 0 bridgehead atoms.